The van der Waals surface area contributed by atoms with Crippen LogP contribution in [-0.2, 0) is 22.3 Å². The molecular weight excluding hydrogens is 514 g/mol. The quantitative estimate of drug-likeness (QED) is 0.255. The summed E-state index contributed by atoms with van der Waals surface area (Å²) >= 11 is -2.07. The van der Waals surface area contributed by atoms with Gasteiger partial charge in [-0.2, -0.15) is 5.26 Å². The van der Waals surface area contributed by atoms with E-state index < -0.39 is 17.0 Å². The smallest absolute Gasteiger partial charge is 0.307 e. The minimum absolute atomic E-state index is 0.0663. The summed E-state index contributed by atoms with van der Waals surface area (Å²) < 4.78 is 33.7. The standard InChI is InChI=1S/C31H31NO6S/c1-18-14-23(37-12-3-13-39(35)36)15-19(2)29(18)30-21(17-32)6-9-24-25(30)10-11-28(24)38-22-7-4-20(5-8-22)26-16-27(26)31(33)34/h4-9,14-15,26-28H,3,10-13,16H2,1-2H3,(H,33,34)(H,35,36)/p-1/t26-,27+,28-/m1/s1. The number of hydrogen-bond acceptors (Lipinski definition) is 6. The molecule has 0 spiro atoms. The number of aryl methyl sites for hydroxylation is 2. The van der Waals surface area contributed by atoms with E-state index in [1.807, 2.05) is 62.4 Å². The van der Waals surface area contributed by atoms with E-state index in [9.17, 15) is 23.9 Å². The summed E-state index contributed by atoms with van der Waals surface area (Å²) in [6.45, 7) is 4.32. The fraction of sp³-hybridized carbons (Fsp3) is 0.355. The molecule has 1 unspecified atom stereocenters. The number of aliphatic carboxylic acids is 1. The highest BCUT2D eigenvalue weighted by Gasteiger charge is 2.44. The monoisotopic (exact) mass is 544 g/mol. The lowest BCUT2D eigenvalue weighted by Crippen LogP contribution is -2.05. The Hall–Kier alpha value is -3.67. The van der Waals surface area contributed by atoms with Crippen molar-refractivity contribution in [2.24, 2.45) is 5.92 Å². The van der Waals surface area contributed by atoms with Gasteiger partial charge in [-0.15, -0.1) is 0 Å². The molecule has 3 aromatic carbocycles. The molecule has 2 aliphatic rings. The zero-order chi connectivity index (χ0) is 27.7. The average Bonchev–Trinajstić information content (AvgIpc) is 3.61. The molecule has 3 aromatic rings. The number of nitrogens with zero attached hydrogens (tertiary/aromatic N) is 1. The molecule has 1 N–H and O–H groups in total. The Morgan fingerprint density at radius 2 is 1.82 bits per heavy atom. The second kappa shape index (κ2) is 11.2. The van der Waals surface area contributed by atoms with Crippen LogP contribution in [0.5, 0.6) is 11.5 Å². The lowest BCUT2D eigenvalue weighted by molar-refractivity contribution is -0.138. The molecule has 0 aromatic heterocycles. The predicted molar refractivity (Wildman–Crippen MR) is 147 cm³/mol. The van der Waals surface area contributed by atoms with Gasteiger partial charge in [-0.25, -0.2) is 0 Å². The first-order valence-corrected chi connectivity index (χ1v) is 14.4. The summed E-state index contributed by atoms with van der Waals surface area (Å²) in [5.74, 6) is 0.554. The number of fused-ring (bicyclic) bond motifs is 1. The second-order valence-electron chi connectivity index (χ2n) is 10.3. The zero-order valence-corrected chi connectivity index (χ0v) is 22.8. The third kappa shape index (κ3) is 5.70. The number of nitriles is 1. The molecule has 202 valence electrons. The first kappa shape index (κ1) is 26.9. The predicted octanol–water partition coefficient (Wildman–Crippen LogP) is 5.74. The molecule has 0 aliphatic heterocycles. The van der Waals surface area contributed by atoms with Crippen LogP contribution in [0.3, 0.4) is 0 Å². The topological polar surface area (TPSA) is 120 Å². The SMILES string of the molecule is Cc1cc(OCCCS(=O)[O-])cc(C)c1-c1c(C#N)ccc2c1CC[C@H]2Oc1ccc([C@H]2C[C@@H]2C(=O)O)cc1. The Kier molecular flexibility index (Phi) is 7.74. The first-order chi connectivity index (χ1) is 18.8. The lowest BCUT2D eigenvalue weighted by atomic mass is 9.87. The van der Waals surface area contributed by atoms with Gasteiger partial charge in [0, 0.05) is 11.3 Å². The van der Waals surface area contributed by atoms with Gasteiger partial charge in [0.1, 0.15) is 17.6 Å². The minimum atomic E-state index is -2.07. The van der Waals surface area contributed by atoms with Crippen molar-refractivity contribution >= 4 is 17.0 Å². The van der Waals surface area contributed by atoms with Crippen molar-refractivity contribution in [3.63, 3.8) is 0 Å². The summed E-state index contributed by atoms with van der Waals surface area (Å²) in [4.78, 5) is 11.2. The summed E-state index contributed by atoms with van der Waals surface area (Å²) in [5.41, 5.74) is 7.77. The Morgan fingerprint density at radius 1 is 1.10 bits per heavy atom. The number of benzene rings is 3. The van der Waals surface area contributed by atoms with Crippen molar-refractivity contribution in [3.05, 3.63) is 81.9 Å². The molecule has 1 fully saturated rings. The Labute approximate surface area is 230 Å². The Balaban J connectivity index is 1.38. The number of hydrogen-bond donors (Lipinski definition) is 1. The maximum Gasteiger partial charge on any atom is 0.307 e. The third-order valence-electron chi connectivity index (χ3n) is 7.65. The van der Waals surface area contributed by atoms with Gasteiger partial charge in [0.05, 0.1) is 24.2 Å². The maximum atomic E-state index is 11.2. The molecule has 0 bridgehead atoms. The molecule has 0 radical (unpaired) electrons. The van der Waals surface area contributed by atoms with Gasteiger partial charge < -0.3 is 19.1 Å². The third-order valence-corrected chi connectivity index (χ3v) is 8.27. The fourth-order valence-corrected chi connectivity index (χ4v) is 6.08. The molecule has 0 saturated heterocycles. The van der Waals surface area contributed by atoms with Crippen LogP contribution in [0.4, 0.5) is 0 Å². The van der Waals surface area contributed by atoms with Gasteiger partial charge in [0.2, 0.25) is 0 Å². The Morgan fingerprint density at radius 3 is 2.44 bits per heavy atom. The van der Waals surface area contributed by atoms with Crippen LogP contribution in [0, 0.1) is 31.1 Å². The molecule has 4 atom stereocenters. The molecule has 0 amide bonds. The molecule has 1 saturated carbocycles. The van der Waals surface area contributed by atoms with E-state index in [2.05, 4.69) is 6.07 Å². The van der Waals surface area contributed by atoms with E-state index in [-0.39, 0.29) is 23.7 Å². The lowest BCUT2D eigenvalue weighted by Gasteiger charge is -2.19. The van der Waals surface area contributed by atoms with E-state index >= 15 is 0 Å². The summed E-state index contributed by atoms with van der Waals surface area (Å²) in [5, 5.41) is 19.2. The van der Waals surface area contributed by atoms with Gasteiger partial charge in [0.15, 0.2) is 0 Å². The van der Waals surface area contributed by atoms with Crippen LogP contribution in [0.25, 0.3) is 11.1 Å². The molecule has 2 aliphatic carbocycles. The van der Waals surface area contributed by atoms with Crippen LogP contribution < -0.4 is 9.47 Å². The zero-order valence-electron chi connectivity index (χ0n) is 21.9. The number of rotatable bonds is 10. The van der Waals surface area contributed by atoms with Gasteiger partial charge in [0.25, 0.3) is 0 Å². The first-order valence-electron chi connectivity index (χ1n) is 13.1. The van der Waals surface area contributed by atoms with Crippen molar-refractivity contribution < 1.29 is 28.1 Å². The van der Waals surface area contributed by atoms with Gasteiger partial charge in [-0.05, 0) is 109 Å². The molecule has 7 nitrogen and oxygen atoms in total. The van der Waals surface area contributed by atoms with E-state index in [0.717, 1.165) is 57.5 Å². The largest absolute Gasteiger partial charge is 0.772 e. The van der Waals surface area contributed by atoms with Gasteiger partial charge in [-0.3, -0.25) is 9.00 Å². The Bertz CT molecular complexity index is 1450. The minimum Gasteiger partial charge on any atom is -0.772 e. The number of carboxylic acid groups (broad SMARTS) is 1. The van der Waals surface area contributed by atoms with Crippen molar-refractivity contribution in [1.82, 2.24) is 0 Å². The van der Waals surface area contributed by atoms with E-state index in [0.29, 0.717) is 30.8 Å². The maximum absolute atomic E-state index is 11.2. The van der Waals surface area contributed by atoms with Crippen molar-refractivity contribution in [2.75, 3.05) is 12.4 Å². The normalized spacial score (nSPS) is 20.1. The van der Waals surface area contributed by atoms with Gasteiger partial charge in [-0.1, -0.05) is 29.3 Å². The number of carboxylic acids is 1. The van der Waals surface area contributed by atoms with Crippen LogP contribution in [0.1, 0.15) is 64.7 Å². The van der Waals surface area contributed by atoms with Crippen LogP contribution in [0.2, 0.25) is 0 Å². The highest BCUT2D eigenvalue weighted by atomic mass is 32.2. The van der Waals surface area contributed by atoms with Crippen LogP contribution in [0.15, 0.2) is 48.5 Å². The molecule has 39 heavy (non-hydrogen) atoms. The second-order valence-corrected chi connectivity index (χ2v) is 11.3. The molecule has 5 rings (SSSR count). The summed E-state index contributed by atoms with van der Waals surface area (Å²) in [6.07, 6.45) is 2.55. The van der Waals surface area contributed by atoms with E-state index in [1.54, 1.807) is 0 Å². The summed E-state index contributed by atoms with van der Waals surface area (Å²) in [7, 11) is 0. The highest BCUT2D eigenvalue weighted by Crippen LogP contribution is 2.48. The van der Waals surface area contributed by atoms with Crippen molar-refractivity contribution in [1.29, 1.82) is 5.26 Å². The molecule has 0 heterocycles. The van der Waals surface area contributed by atoms with Crippen LogP contribution >= 0.6 is 0 Å². The van der Waals surface area contributed by atoms with Gasteiger partial charge >= 0.3 is 5.97 Å². The number of carbonyl (C=O) groups is 1. The summed E-state index contributed by atoms with van der Waals surface area (Å²) in [6, 6.07) is 17.9. The van der Waals surface area contributed by atoms with E-state index in [4.69, 9.17) is 9.47 Å². The van der Waals surface area contributed by atoms with E-state index in [1.165, 1.54) is 0 Å². The molecule has 8 heteroatoms. The fourth-order valence-electron chi connectivity index (χ4n) is 5.73. The highest BCUT2D eigenvalue weighted by molar-refractivity contribution is 7.79. The number of ether oxygens (including phenoxy) is 2. The van der Waals surface area contributed by atoms with Crippen molar-refractivity contribution in [3.8, 4) is 28.7 Å². The van der Waals surface area contributed by atoms with Crippen LogP contribution in [-0.4, -0.2) is 32.2 Å². The molecular formula is C31H30NO6S-. The average molecular weight is 545 g/mol. The van der Waals surface area contributed by atoms with Crippen molar-refractivity contribution in [2.45, 2.75) is 51.6 Å².